The van der Waals surface area contributed by atoms with Crippen LogP contribution in [0.4, 0.5) is 0 Å². The summed E-state index contributed by atoms with van der Waals surface area (Å²) in [5.74, 6) is 0. The van der Waals surface area contributed by atoms with E-state index in [9.17, 15) is 0 Å². The lowest BCUT2D eigenvalue weighted by atomic mass is 10.00. The van der Waals surface area contributed by atoms with Crippen LogP contribution in [0.15, 0.2) is 11.8 Å². The Hall–Kier alpha value is -0.460. The smallest absolute Gasteiger partial charge is 0.0816 e. The van der Waals surface area contributed by atoms with Crippen LogP contribution in [0.25, 0.3) is 0 Å². The van der Waals surface area contributed by atoms with Gasteiger partial charge in [0.25, 0.3) is 0 Å². The Morgan fingerprint density at radius 2 is 0.750 bits per heavy atom. The SMILES string of the molecule is CCCCCCCCCCCCC(=COC)CCCCCCCCCCCC. The lowest BCUT2D eigenvalue weighted by Gasteiger charge is -2.08. The Kier molecular flexibility index (Phi) is 24.2. The van der Waals surface area contributed by atoms with Crippen LogP contribution < -0.4 is 0 Å². The minimum Gasteiger partial charge on any atom is -0.504 e. The molecule has 0 N–H and O–H groups in total. The van der Waals surface area contributed by atoms with E-state index in [0.29, 0.717) is 0 Å². The van der Waals surface area contributed by atoms with Gasteiger partial charge in [0.1, 0.15) is 0 Å². The zero-order valence-electron chi connectivity index (χ0n) is 20.0. The molecular weight excluding hydrogens is 340 g/mol. The first-order valence-electron chi connectivity index (χ1n) is 13.1. The molecule has 0 amide bonds. The van der Waals surface area contributed by atoms with Crippen molar-refractivity contribution in [1.82, 2.24) is 0 Å². The van der Waals surface area contributed by atoms with Gasteiger partial charge in [0.2, 0.25) is 0 Å². The van der Waals surface area contributed by atoms with Crippen LogP contribution in [0.3, 0.4) is 0 Å². The van der Waals surface area contributed by atoms with Crippen molar-refractivity contribution in [3.05, 3.63) is 11.8 Å². The van der Waals surface area contributed by atoms with Crippen molar-refractivity contribution >= 4 is 0 Å². The molecule has 0 heterocycles. The van der Waals surface area contributed by atoms with Gasteiger partial charge in [-0.2, -0.15) is 0 Å². The van der Waals surface area contributed by atoms with Gasteiger partial charge in [-0.15, -0.1) is 0 Å². The third-order valence-corrected chi connectivity index (χ3v) is 5.99. The Bertz CT molecular complexity index is 281. The number of hydrogen-bond acceptors (Lipinski definition) is 1. The van der Waals surface area contributed by atoms with Gasteiger partial charge in [0.15, 0.2) is 0 Å². The number of unbranched alkanes of at least 4 members (excludes halogenated alkanes) is 18. The van der Waals surface area contributed by atoms with Gasteiger partial charge >= 0.3 is 0 Å². The normalized spacial score (nSPS) is 11.0. The Labute approximate surface area is 179 Å². The largest absolute Gasteiger partial charge is 0.504 e. The molecular formula is C27H54O. The first-order valence-corrected chi connectivity index (χ1v) is 13.1. The van der Waals surface area contributed by atoms with Crippen molar-refractivity contribution in [1.29, 1.82) is 0 Å². The molecule has 0 fully saturated rings. The second kappa shape index (κ2) is 24.6. The number of hydrogen-bond donors (Lipinski definition) is 0. The lowest BCUT2D eigenvalue weighted by Crippen LogP contribution is -1.89. The van der Waals surface area contributed by atoms with Gasteiger partial charge in [-0.25, -0.2) is 0 Å². The second-order valence-electron chi connectivity index (χ2n) is 8.88. The minimum absolute atomic E-state index is 1.25. The van der Waals surface area contributed by atoms with Gasteiger partial charge in [0, 0.05) is 0 Å². The molecule has 1 heteroatoms. The van der Waals surface area contributed by atoms with Crippen LogP contribution in [0, 0.1) is 0 Å². The van der Waals surface area contributed by atoms with E-state index in [0.717, 1.165) is 0 Å². The predicted molar refractivity (Wildman–Crippen MR) is 128 cm³/mol. The maximum absolute atomic E-state index is 5.33. The van der Waals surface area contributed by atoms with E-state index in [-0.39, 0.29) is 0 Å². The zero-order valence-corrected chi connectivity index (χ0v) is 20.0. The maximum atomic E-state index is 5.33. The zero-order chi connectivity index (χ0) is 20.5. The predicted octanol–water partition coefficient (Wildman–Crippen LogP) is 10.1. The molecule has 0 aliphatic heterocycles. The first-order chi connectivity index (χ1) is 13.8. The molecule has 0 aliphatic rings. The van der Waals surface area contributed by atoms with E-state index >= 15 is 0 Å². The summed E-state index contributed by atoms with van der Waals surface area (Å²) in [6.45, 7) is 4.59. The van der Waals surface area contributed by atoms with E-state index in [2.05, 4.69) is 13.8 Å². The summed E-state index contributed by atoms with van der Waals surface area (Å²) in [5, 5.41) is 0. The molecule has 0 saturated heterocycles. The third kappa shape index (κ3) is 21.8. The Balaban J connectivity index is 3.45. The van der Waals surface area contributed by atoms with E-state index in [1.165, 1.54) is 141 Å². The maximum Gasteiger partial charge on any atom is 0.0816 e. The van der Waals surface area contributed by atoms with Gasteiger partial charge in [0.05, 0.1) is 13.4 Å². The summed E-state index contributed by atoms with van der Waals surface area (Å²) in [6, 6.07) is 0. The fraction of sp³-hybridized carbons (Fsp3) is 0.926. The highest BCUT2D eigenvalue weighted by Gasteiger charge is 2.00. The average Bonchev–Trinajstić information content (AvgIpc) is 2.70. The fourth-order valence-corrected chi connectivity index (χ4v) is 4.09. The molecule has 0 bridgehead atoms. The van der Waals surface area contributed by atoms with Crippen LogP contribution in [0.2, 0.25) is 0 Å². The summed E-state index contributed by atoms with van der Waals surface area (Å²) < 4.78 is 5.33. The summed E-state index contributed by atoms with van der Waals surface area (Å²) in [4.78, 5) is 0. The standard InChI is InChI=1S/C27H54O/c1-4-6-8-10-12-14-16-18-20-22-24-27(26-28-3)25-23-21-19-17-15-13-11-9-7-5-2/h26H,4-25H2,1-3H3. The molecule has 0 aromatic carbocycles. The molecule has 0 saturated carbocycles. The molecule has 28 heavy (non-hydrogen) atoms. The Morgan fingerprint density at radius 1 is 0.464 bits per heavy atom. The van der Waals surface area contributed by atoms with Crippen LogP contribution in [0.5, 0.6) is 0 Å². The molecule has 168 valence electrons. The quantitative estimate of drug-likeness (QED) is 0.124. The number of methoxy groups -OCH3 is 1. The van der Waals surface area contributed by atoms with Gasteiger partial charge in [-0.05, 0) is 31.3 Å². The molecule has 0 aliphatic carbocycles. The van der Waals surface area contributed by atoms with Crippen molar-refractivity contribution in [3.8, 4) is 0 Å². The Morgan fingerprint density at radius 3 is 1.04 bits per heavy atom. The summed E-state index contributed by atoms with van der Waals surface area (Å²) >= 11 is 0. The van der Waals surface area contributed by atoms with Gasteiger partial charge in [-0.3, -0.25) is 0 Å². The number of allylic oxidation sites excluding steroid dienone is 1. The van der Waals surface area contributed by atoms with E-state index < -0.39 is 0 Å². The topological polar surface area (TPSA) is 9.23 Å². The molecule has 0 radical (unpaired) electrons. The summed E-state index contributed by atoms with van der Waals surface area (Å²) in [7, 11) is 1.80. The molecule has 0 aromatic rings. The van der Waals surface area contributed by atoms with Crippen LogP contribution in [0.1, 0.15) is 155 Å². The van der Waals surface area contributed by atoms with E-state index in [4.69, 9.17) is 4.74 Å². The molecule has 0 rings (SSSR count). The average molecular weight is 395 g/mol. The lowest BCUT2D eigenvalue weighted by molar-refractivity contribution is 0.330. The molecule has 0 unspecified atom stereocenters. The van der Waals surface area contributed by atoms with Crippen molar-refractivity contribution in [2.45, 2.75) is 155 Å². The fourth-order valence-electron chi connectivity index (χ4n) is 4.09. The third-order valence-electron chi connectivity index (χ3n) is 5.99. The van der Waals surface area contributed by atoms with Crippen molar-refractivity contribution in [3.63, 3.8) is 0 Å². The highest BCUT2D eigenvalue weighted by Crippen LogP contribution is 2.19. The molecule has 0 aromatic heterocycles. The second-order valence-corrected chi connectivity index (χ2v) is 8.88. The van der Waals surface area contributed by atoms with Crippen molar-refractivity contribution in [2.75, 3.05) is 7.11 Å². The van der Waals surface area contributed by atoms with Crippen LogP contribution >= 0.6 is 0 Å². The monoisotopic (exact) mass is 394 g/mol. The molecule has 0 spiro atoms. The molecule has 0 atom stereocenters. The van der Waals surface area contributed by atoms with Crippen molar-refractivity contribution in [2.24, 2.45) is 0 Å². The van der Waals surface area contributed by atoms with E-state index in [1.807, 2.05) is 6.26 Å². The van der Waals surface area contributed by atoms with Crippen molar-refractivity contribution < 1.29 is 4.74 Å². The van der Waals surface area contributed by atoms with Gasteiger partial charge in [-0.1, -0.05) is 129 Å². The van der Waals surface area contributed by atoms with Crippen LogP contribution in [-0.2, 0) is 4.74 Å². The highest BCUT2D eigenvalue weighted by molar-refractivity contribution is 4.97. The van der Waals surface area contributed by atoms with E-state index in [1.54, 1.807) is 12.7 Å². The minimum atomic E-state index is 1.25. The molecule has 1 nitrogen and oxygen atoms in total. The number of rotatable bonds is 23. The summed E-state index contributed by atoms with van der Waals surface area (Å²) in [6.07, 6.45) is 32.9. The highest BCUT2D eigenvalue weighted by atomic mass is 16.5. The first kappa shape index (κ1) is 27.5. The van der Waals surface area contributed by atoms with Gasteiger partial charge < -0.3 is 4.74 Å². The van der Waals surface area contributed by atoms with Crippen LogP contribution in [-0.4, -0.2) is 7.11 Å². The summed E-state index contributed by atoms with van der Waals surface area (Å²) in [5.41, 5.74) is 1.54. The number of ether oxygens (including phenoxy) is 1.